The van der Waals surface area contributed by atoms with E-state index in [9.17, 15) is 14.4 Å². The van der Waals surface area contributed by atoms with Crippen molar-refractivity contribution < 1.29 is 19.5 Å². The third-order valence-electron chi connectivity index (χ3n) is 2.42. The van der Waals surface area contributed by atoms with Gasteiger partial charge in [-0.25, -0.2) is 0 Å². The number of nitrogens with one attached hydrogen (secondary N) is 1. The maximum Gasteiger partial charge on any atom is 0.305 e. The maximum atomic E-state index is 11.4. The minimum atomic E-state index is -0.950. The molecule has 1 aliphatic rings. The smallest absolute Gasteiger partial charge is 0.305 e. The highest BCUT2D eigenvalue weighted by atomic mass is 16.4. The molecule has 90 valence electrons. The number of amides is 2. The lowest BCUT2D eigenvalue weighted by Gasteiger charge is -2.25. The molecule has 1 aliphatic heterocycles. The van der Waals surface area contributed by atoms with Gasteiger partial charge in [0.1, 0.15) is 0 Å². The van der Waals surface area contributed by atoms with Crippen LogP contribution < -0.4 is 5.32 Å². The summed E-state index contributed by atoms with van der Waals surface area (Å²) in [7, 11) is 0. The van der Waals surface area contributed by atoms with E-state index in [4.69, 9.17) is 5.11 Å². The number of aliphatic carboxylic acids is 1. The second-order valence-electron chi connectivity index (χ2n) is 3.77. The van der Waals surface area contributed by atoms with Crippen LogP contribution in [0.3, 0.4) is 0 Å². The van der Waals surface area contributed by atoms with E-state index < -0.39 is 5.97 Å². The van der Waals surface area contributed by atoms with Gasteiger partial charge in [0, 0.05) is 19.5 Å². The number of carboxylic acid groups (broad SMARTS) is 1. The summed E-state index contributed by atoms with van der Waals surface area (Å²) in [5.41, 5.74) is 0. The summed E-state index contributed by atoms with van der Waals surface area (Å²) in [4.78, 5) is 34.4. The SMILES string of the molecule is O=C(O)CCNC(=O)CN1CCCCC1=O. The van der Waals surface area contributed by atoms with E-state index in [2.05, 4.69) is 5.32 Å². The van der Waals surface area contributed by atoms with Gasteiger partial charge in [-0.05, 0) is 12.8 Å². The number of piperidine rings is 1. The van der Waals surface area contributed by atoms with Crippen LogP contribution in [0.4, 0.5) is 0 Å². The van der Waals surface area contributed by atoms with E-state index in [0.29, 0.717) is 13.0 Å². The second kappa shape index (κ2) is 6.09. The van der Waals surface area contributed by atoms with Crippen LogP contribution in [0.15, 0.2) is 0 Å². The van der Waals surface area contributed by atoms with Crippen LogP contribution in [-0.2, 0) is 14.4 Å². The first-order valence-corrected chi connectivity index (χ1v) is 5.36. The van der Waals surface area contributed by atoms with E-state index in [0.717, 1.165) is 12.8 Å². The molecule has 0 unspecified atom stereocenters. The fourth-order valence-corrected chi connectivity index (χ4v) is 1.57. The summed E-state index contributed by atoms with van der Waals surface area (Å²) in [6.07, 6.45) is 2.21. The number of hydrogen-bond acceptors (Lipinski definition) is 3. The standard InChI is InChI=1S/C10H16N2O4/c13-8(11-5-4-10(15)16)7-12-6-2-1-3-9(12)14/h1-7H2,(H,11,13)(H,15,16). The molecule has 0 aromatic carbocycles. The summed E-state index contributed by atoms with van der Waals surface area (Å²) in [6, 6.07) is 0. The molecule has 0 bridgehead atoms. The molecule has 2 amide bonds. The topological polar surface area (TPSA) is 86.7 Å². The van der Waals surface area contributed by atoms with E-state index >= 15 is 0 Å². The maximum absolute atomic E-state index is 11.4. The highest BCUT2D eigenvalue weighted by Gasteiger charge is 2.20. The zero-order chi connectivity index (χ0) is 12.0. The zero-order valence-electron chi connectivity index (χ0n) is 9.07. The van der Waals surface area contributed by atoms with Crippen molar-refractivity contribution in [3.8, 4) is 0 Å². The second-order valence-corrected chi connectivity index (χ2v) is 3.77. The number of rotatable bonds is 5. The van der Waals surface area contributed by atoms with Gasteiger partial charge in [-0.15, -0.1) is 0 Å². The van der Waals surface area contributed by atoms with Crippen molar-refractivity contribution in [1.82, 2.24) is 10.2 Å². The van der Waals surface area contributed by atoms with Crippen LogP contribution in [0.2, 0.25) is 0 Å². The zero-order valence-corrected chi connectivity index (χ0v) is 9.07. The van der Waals surface area contributed by atoms with E-state index in [1.165, 1.54) is 4.90 Å². The van der Waals surface area contributed by atoms with Gasteiger partial charge in [-0.1, -0.05) is 0 Å². The van der Waals surface area contributed by atoms with E-state index in [-0.39, 0.29) is 31.3 Å². The van der Waals surface area contributed by atoms with Crippen molar-refractivity contribution in [2.45, 2.75) is 25.7 Å². The molecular weight excluding hydrogens is 212 g/mol. The van der Waals surface area contributed by atoms with Gasteiger partial charge in [0.05, 0.1) is 13.0 Å². The Morgan fingerprint density at radius 2 is 2.12 bits per heavy atom. The van der Waals surface area contributed by atoms with E-state index in [1.54, 1.807) is 0 Å². The van der Waals surface area contributed by atoms with Gasteiger partial charge in [-0.3, -0.25) is 14.4 Å². The highest BCUT2D eigenvalue weighted by Crippen LogP contribution is 2.09. The quantitative estimate of drug-likeness (QED) is 0.669. The molecule has 0 spiro atoms. The van der Waals surface area contributed by atoms with Gasteiger partial charge in [0.25, 0.3) is 0 Å². The van der Waals surface area contributed by atoms with Crippen molar-refractivity contribution in [3.05, 3.63) is 0 Å². The Bertz CT molecular complexity index is 291. The average Bonchev–Trinajstić information content (AvgIpc) is 2.21. The third kappa shape index (κ3) is 4.29. The molecule has 0 atom stereocenters. The Labute approximate surface area is 93.6 Å². The highest BCUT2D eigenvalue weighted by molar-refractivity contribution is 5.85. The summed E-state index contributed by atoms with van der Waals surface area (Å²) in [5, 5.41) is 10.8. The Morgan fingerprint density at radius 1 is 1.38 bits per heavy atom. The molecule has 1 rings (SSSR count). The molecule has 1 saturated heterocycles. The van der Waals surface area contributed by atoms with E-state index in [1.807, 2.05) is 0 Å². The van der Waals surface area contributed by atoms with Crippen molar-refractivity contribution in [2.24, 2.45) is 0 Å². The molecule has 0 aromatic rings. The number of carboxylic acids is 1. The molecule has 1 fully saturated rings. The average molecular weight is 228 g/mol. The first-order chi connectivity index (χ1) is 7.59. The Hall–Kier alpha value is -1.59. The molecule has 0 aliphatic carbocycles. The van der Waals surface area contributed by atoms with Crippen LogP contribution >= 0.6 is 0 Å². The number of likely N-dealkylation sites (tertiary alicyclic amines) is 1. The lowest BCUT2D eigenvalue weighted by molar-refractivity contribution is -0.139. The van der Waals surface area contributed by atoms with Gasteiger partial charge in [0.2, 0.25) is 11.8 Å². The number of hydrogen-bond donors (Lipinski definition) is 2. The molecule has 16 heavy (non-hydrogen) atoms. The molecule has 0 radical (unpaired) electrons. The first-order valence-electron chi connectivity index (χ1n) is 5.36. The van der Waals surface area contributed by atoms with Crippen LogP contribution in [0, 0.1) is 0 Å². The molecule has 6 nitrogen and oxygen atoms in total. The van der Waals surface area contributed by atoms with Gasteiger partial charge < -0.3 is 15.3 Å². The summed E-state index contributed by atoms with van der Waals surface area (Å²) in [5.74, 6) is -1.24. The largest absolute Gasteiger partial charge is 0.481 e. The normalized spacial score (nSPS) is 16.0. The lowest BCUT2D eigenvalue weighted by Crippen LogP contribution is -2.43. The van der Waals surface area contributed by atoms with Crippen molar-refractivity contribution in [3.63, 3.8) is 0 Å². The fraction of sp³-hybridized carbons (Fsp3) is 0.700. The first kappa shape index (κ1) is 12.5. The van der Waals surface area contributed by atoms with Gasteiger partial charge in [0.15, 0.2) is 0 Å². The van der Waals surface area contributed by atoms with Crippen LogP contribution in [-0.4, -0.2) is 47.4 Å². The van der Waals surface area contributed by atoms with Crippen molar-refractivity contribution >= 4 is 17.8 Å². The molecule has 2 N–H and O–H groups in total. The Balaban J connectivity index is 2.22. The number of carbonyl (C=O) groups is 3. The molecule has 0 aromatic heterocycles. The van der Waals surface area contributed by atoms with Gasteiger partial charge in [-0.2, -0.15) is 0 Å². The minimum Gasteiger partial charge on any atom is -0.481 e. The van der Waals surface area contributed by atoms with Crippen LogP contribution in [0.5, 0.6) is 0 Å². The van der Waals surface area contributed by atoms with Gasteiger partial charge >= 0.3 is 5.97 Å². The third-order valence-corrected chi connectivity index (χ3v) is 2.42. The predicted molar refractivity (Wildman–Crippen MR) is 55.7 cm³/mol. The van der Waals surface area contributed by atoms with Crippen molar-refractivity contribution in [2.75, 3.05) is 19.6 Å². The summed E-state index contributed by atoms with van der Waals surface area (Å²) >= 11 is 0. The fourth-order valence-electron chi connectivity index (χ4n) is 1.57. The molecule has 0 saturated carbocycles. The van der Waals surface area contributed by atoms with Crippen LogP contribution in [0.1, 0.15) is 25.7 Å². The molecule has 1 heterocycles. The molecule has 6 heteroatoms. The summed E-state index contributed by atoms with van der Waals surface area (Å²) in [6.45, 7) is 0.764. The number of nitrogens with zero attached hydrogens (tertiary/aromatic N) is 1. The number of carbonyl (C=O) groups excluding carboxylic acids is 2. The molecular formula is C10H16N2O4. The van der Waals surface area contributed by atoms with Crippen LogP contribution in [0.25, 0.3) is 0 Å². The summed E-state index contributed by atoms with van der Waals surface area (Å²) < 4.78 is 0. The van der Waals surface area contributed by atoms with Crippen molar-refractivity contribution in [1.29, 1.82) is 0 Å². The minimum absolute atomic E-state index is 0.000338. The Kier molecular flexibility index (Phi) is 4.75. The monoisotopic (exact) mass is 228 g/mol. The lowest BCUT2D eigenvalue weighted by atomic mass is 10.1. The predicted octanol–water partition coefficient (Wildman–Crippen LogP) is -0.410. The Morgan fingerprint density at radius 3 is 2.75 bits per heavy atom.